The Balaban J connectivity index is 0.00000190. The summed E-state index contributed by atoms with van der Waals surface area (Å²) >= 11 is 0. The van der Waals surface area contributed by atoms with Gasteiger partial charge < -0.3 is 15.1 Å². The van der Waals surface area contributed by atoms with Crippen LogP contribution in [0.25, 0.3) is 0 Å². The number of carbonyl (C=O) groups is 2. The molecule has 0 spiro atoms. The fraction of sp³-hybridized carbons (Fsp3) is 0.913. The Bertz CT molecular complexity index is 437. The number of rotatable bonds is 9. The van der Waals surface area contributed by atoms with Crippen molar-refractivity contribution in [2.75, 3.05) is 45.8 Å². The van der Waals surface area contributed by atoms with Crippen LogP contribution in [0, 0.1) is 17.8 Å². The summed E-state index contributed by atoms with van der Waals surface area (Å²) in [4.78, 5) is 29.2. The van der Waals surface area contributed by atoms with E-state index in [2.05, 4.69) is 29.0 Å². The lowest BCUT2D eigenvalue weighted by molar-refractivity contribution is -0.129. The summed E-state index contributed by atoms with van der Waals surface area (Å²) in [6.45, 7) is 18.2. The maximum absolute atomic E-state index is 12.3. The SMILES string of the molecule is CC.CCC(=O)C1CCC(C(=O)NCCCN2CCN(CC(C)C)CC2)CC1. The minimum Gasteiger partial charge on any atom is -0.356 e. The zero-order valence-electron chi connectivity index (χ0n) is 19.1. The molecule has 0 radical (unpaired) electrons. The van der Waals surface area contributed by atoms with Crippen LogP contribution < -0.4 is 5.32 Å². The van der Waals surface area contributed by atoms with E-state index in [1.54, 1.807) is 0 Å². The number of carbonyl (C=O) groups excluding carboxylic acids is 2. The highest BCUT2D eigenvalue weighted by molar-refractivity contribution is 5.82. The van der Waals surface area contributed by atoms with Crippen molar-refractivity contribution in [3.05, 3.63) is 0 Å². The molecule has 0 bridgehead atoms. The van der Waals surface area contributed by atoms with E-state index in [0.717, 1.165) is 64.2 Å². The standard InChI is InChI=1S/C21H39N3O2.C2H6/c1-4-20(25)18-6-8-19(9-7-18)21(26)22-10-5-11-23-12-14-24(15-13-23)16-17(2)3;1-2/h17-19H,4-16H2,1-3H3,(H,22,26);1-2H3. The van der Waals surface area contributed by atoms with Crippen LogP contribution in [0.5, 0.6) is 0 Å². The molecule has 2 rings (SSSR count). The molecule has 1 aliphatic carbocycles. The van der Waals surface area contributed by atoms with Crippen LogP contribution >= 0.6 is 0 Å². The number of nitrogens with zero attached hydrogens (tertiary/aromatic N) is 2. The molecule has 28 heavy (non-hydrogen) atoms. The van der Waals surface area contributed by atoms with Gasteiger partial charge in [-0.2, -0.15) is 0 Å². The van der Waals surface area contributed by atoms with E-state index in [4.69, 9.17) is 0 Å². The van der Waals surface area contributed by atoms with E-state index in [1.165, 1.54) is 19.6 Å². The normalized spacial score (nSPS) is 23.8. The van der Waals surface area contributed by atoms with E-state index < -0.39 is 0 Å². The fourth-order valence-corrected chi connectivity index (χ4v) is 4.34. The first-order valence-electron chi connectivity index (χ1n) is 11.7. The lowest BCUT2D eigenvalue weighted by atomic mass is 9.79. The monoisotopic (exact) mass is 395 g/mol. The molecule has 164 valence electrons. The van der Waals surface area contributed by atoms with Crippen molar-refractivity contribution in [2.24, 2.45) is 17.8 Å². The lowest BCUT2D eigenvalue weighted by Crippen LogP contribution is -2.47. The van der Waals surface area contributed by atoms with Gasteiger partial charge >= 0.3 is 0 Å². The van der Waals surface area contributed by atoms with E-state index in [-0.39, 0.29) is 17.7 Å². The van der Waals surface area contributed by atoms with Crippen LogP contribution in [-0.4, -0.2) is 67.3 Å². The topological polar surface area (TPSA) is 52.7 Å². The molecule has 0 aromatic heterocycles. The van der Waals surface area contributed by atoms with Crippen LogP contribution in [0.1, 0.15) is 73.1 Å². The smallest absolute Gasteiger partial charge is 0.223 e. The zero-order valence-corrected chi connectivity index (χ0v) is 19.1. The molecule has 5 nitrogen and oxygen atoms in total. The third-order valence-electron chi connectivity index (χ3n) is 5.94. The second-order valence-corrected chi connectivity index (χ2v) is 8.55. The average Bonchev–Trinajstić information content (AvgIpc) is 2.72. The number of ketones is 1. The van der Waals surface area contributed by atoms with E-state index >= 15 is 0 Å². The largest absolute Gasteiger partial charge is 0.356 e. The van der Waals surface area contributed by atoms with Crippen LogP contribution in [0.4, 0.5) is 0 Å². The molecule has 0 unspecified atom stereocenters. The Morgan fingerprint density at radius 1 is 0.929 bits per heavy atom. The maximum Gasteiger partial charge on any atom is 0.223 e. The van der Waals surface area contributed by atoms with Crippen molar-refractivity contribution in [3.8, 4) is 0 Å². The number of nitrogens with one attached hydrogen (secondary N) is 1. The van der Waals surface area contributed by atoms with Gasteiger partial charge in [0.2, 0.25) is 5.91 Å². The first-order chi connectivity index (χ1) is 13.5. The summed E-state index contributed by atoms with van der Waals surface area (Å²) in [6.07, 6.45) is 5.20. The third-order valence-corrected chi connectivity index (χ3v) is 5.94. The Labute approximate surface area is 173 Å². The lowest BCUT2D eigenvalue weighted by Gasteiger charge is -2.35. The van der Waals surface area contributed by atoms with Gasteiger partial charge in [-0.15, -0.1) is 0 Å². The van der Waals surface area contributed by atoms with Gasteiger partial charge in [-0.25, -0.2) is 0 Å². The van der Waals surface area contributed by atoms with Crippen molar-refractivity contribution in [2.45, 2.75) is 73.1 Å². The predicted molar refractivity (Wildman–Crippen MR) is 117 cm³/mol. The predicted octanol–water partition coefficient (Wildman–Crippen LogP) is 3.58. The Morgan fingerprint density at radius 2 is 1.46 bits per heavy atom. The van der Waals surface area contributed by atoms with Gasteiger partial charge in [0, 0.05) is 57.5 Å². The number of amides is 1. The molecular formula is C23H45N3O2. The van der Waals surface area contributed by atoms with E-state index in [9.17, 15) is 9.59 Å². The van der Waals surface area contributed by atoms with Gasteiger partial charge in [0.25, 0.3) is 0 Å². The van der Waals surface area contributed by atoms with Crippen LogP contribution in [0.2, 0.25) is 0 Å². The van der Waals surface area contributed by atoms with Gasteiger partial charge in [-0.05, 0) is 44.6 Å². The first kappa shape index (κ1) is 25.1. The number of hydrogen-bond acceptors (Lipinski definition) is 4. The third kappa shape index (κ3) is 9.04. The Kier molecular flexibility index (Phi) is 12.6. The molecule has 2 fully saturated rings. The molecule has 1 saturated carbocycles. The van der Waals surface area contributed by atoms with Crippen molar-refractivity contribution in [3.63, 3.8) is 0 Å². The van der Waals surface area contributed by atoms with Crippen molar-refractivity contribution >= 4 is 11.7 Å². The summed E-state index contributed by atoms with van der Waals surface area (Å²) in [5, 5.41) is 3.12. The number of hydrogen-bond donors (Lipinski definition) is 1. The van der Waals surface area contributed by atoms with E-state index in [0.29, 0.717) is 12.2 Å². The summed E-state index contributed by atoms with van der Waals surface area (Å²) < 4.78 is 0. The molecule has 0 aromatic carbocycles. The van der Waals surface area contributed by atoms with Gasteiger partial charge in [0.1, 0.15) is 5.78 Å². The van der Waals surface area contributed by atoms with Gasteiger partial charge in [0.15, 0.2) is 0 Å². The van der Waals surface area contributed by atoms with Gasteiger partial charge in [-0.3, -0.25) is 9.59 Å². The molecule has 5 heteroatoms. The Morgan fingerprint density at radius 3 is 2.00 bits per heavy atom. The highest BCUT2D eigenvalue weighted by atomic mass is 16.2. The summed E-state index contributed by atoms with van der Waals surface area (Å²) in [5.74, 6) is 1.65. The first-order valence-corrected chi connectivity index (χ1v) is 11.7. The quantitative estimate of drug-likeness (QED) is 0.606. The van der Waals surface area contributed by atoms with Gasteiger partial charge in [0.05, 0.1) is 0 Å². The number of Topliss-reactive ketones (excluding diaryl/α,β-unsaturated/α-hetero) is 1. The van der Waals surface area contributed by atoms with Gasteiger partial charge in [-0.1, -0.05) is 34.6 Å². The summed E-state index contributed by atoms with van der Waals surface area (Å²) in [6, 6.07) is 0. The zero-order chi connectivity index (χ0) is 20.9. The average molecular weight is 396 g/mol. The van der Waals surface area contributed by atoms with Crippen molar-refractivity contribution in [1.29, 1.82) is 0 Å². The molecule has 1 saturated heterocycles. The van der Waals surface area contributed by atoms with Crippen LogP contribution in [0.15, 0.2) is 0 Å². The number of piperazine rings is 1. The minimum atomic E-state index is 0.121. The highest BCUT2D eigenvalue weighted by Gasteiger charge is 2.28. The molecule has 1 N–H and O–H groups in total. The van der Waals surface area contributed by atoms with Crippen LogP contribution in [0.3, 0.4) is 0 Å². The van der Waals surface area contributed by atoms with Crippen molar-refractivity contribution < 1.29 is 9.59 Å². The molecule has 2 aliphatic rings. The second-order valence-electron chi connectivity index (χ2n) is 8.55. The summed E-state index contributed by atoms with van der Waals surface area (Å²) in [7, 11) is 0. The van der Waals surface area contributed by atoms with Crippen molar-refractivity contribution in [1.82, 2.24) is 15.1 Å². The second kappa shape index (κ2) is 14.1. The molecule has 1 aliphatic heterocycles. The molecular weight excluding hydrogens is 350 g/mol. The van der Waals surface area contributed by atoms with Crippen LogP contribution in [-0.2, 0) is 9.59 Å². The maximum atomic E-state index is 12.3. The molecule has 0 atom stereocenters. The minimum absolute atomic E-state index is 0.121. The van der Waals surface area contributed by atoms with E-state index in [1.807, 2.05) is 20.8 Å². The molecule has 1 amide bonds. The highest BCUT2D eigenvalue weighted by Crippen LogP contribution is 2.30. The fourth-order valence-electron chi connectivity index (χ4n) is 4.34. The summed E-state index contributed by atoms with van der Waals surface area (Å²) in [5.41, 5.74) is 0. The Hall–Kier alpha value is -0.940. The molecule has 1 heterocycles. The molecule has 0 aromatic rings.